The van der Waals surface area contributed by atoms with Crippen LogP contribution in [0.1, 0.15) is 51.2 Å². The maximum Gasteiger partial charge on any atom is 0.306 e. The van der Waals surface area contributed by atoms with Crippen molar-refractivity contribution in [2.24, 2.45) is 0 Å². The first kappa shape index (κ1) is 28.9. The molecule has 0 spiro atoms. The third-order valence-electron chi connectivity index (χ3n) is 6.22. The molecule has 0 saturated heterocycles. The number of fused-ring (bicyclic) bond motifs is 1. The minimum atomic E-state index is -0.533. The summed E-state index contributed by atoms with van der Waals surface area (Å²) in [5.74, 6) is 0.316. The van der Waals surface area contributed by atoms with Crippen LogP contribution in [0.25, 0.3) is 22.3 Å². The van der Waals surface area contributed by atoms with Gasteiger partial charge in [-0.2, -0.15) is 0 Å². The van der Waals surface area contributed by atoms with E-state index in [0.29, 0.717) is 40.4 Å². The second-order valence-corrected chi connectivity index (χ2v) is 10.0. The highest BCUT2D eigenvalue weighted by Crippen LogP contribution is 2.44. The monoisotopic (exact) mass is 544 g/mol. The molecule has 40 heavy (non-hydrogen) atoms. The molecule has 1 unspecified atom stereocenters. The molecular weight excluding hydrogens is 508 g/mol. The van der Waals surface area contributed by atoms with E-state index in [4.69, 9.17) is 23.4 Å². The summed E-state index contributed by atoms with van der Waals surface area (Å²) in [5, 5.41) is 0.299. The molecule has 0 aliphatic rings. The summed E-state index contributed by atoms with van der Waals surface area (Å²) in [6.07, 6.45) is -0.395. The van der Waals surface area contributed by atoms with Crippen LogP contribution in [0.5, 0.6) is 11.5 Å². The Balaban J connectivity index is 2.04. The van der Waals surface area contributed by atoms with Crippen LogP contribution < -0.4 is 14.9 Å². The van der Waals surface area contributed by atoms with E-state index in [1.54, 1.807) is 13.2 Å². The fourth-order valence-electron chi connectivity index (χ4n) is 4.61. The van der Waals surface area contributed by atoms with E-state index in [9.17, 15) is 9.59 Å². The fourth-order valence-corrected chi connectivity index (χ4v) is 4.61. The largest absolute Gasteiger partial charge is 0.490 e. The summed E-state index contributed by atoms with van der Waals surface area (Å²) in [6, 6.07) is 22.3. The molecule has 1 atom stereocenters. The van der Waals surface area contributed by atoms with Crippen molar-refractivity contribution in [3.8, 4) is 22.8 Å². The zero-order valence-electron chi connectivity index (χ0n) is 23.6. The Labute approximate surface area is 234 Å². The van der Waals surface area contributed by atoms with Crippen molar-refractivity contribution < 1.29 is 28.2 Å². The van der Waals surface area contributed by atoms with Gasteiger partial charge >= 0.3 is 5.97 Å². The minimum absolute atomic E-state index is 0.000935. The number of esters is 1. The van der Waals surface area contributed by atoms with Crippen molar-refractivity contribution >= 4 is 16.9 Å². The van der Waals surface area contributed by atoms with Gasteiger partial charge in [0.15, 0.2) is 5.43 Å². The smallest absolute Gasteiger partial charge is 0.306 e. The number of hydrogen-bond donors (Lipinski definition) is 0. The molecule has 0 N–H and O–H groups in total. The van der Waals surface area contributed by atoms with Crippen LogP contribution in [0.3, 0.4) is 0 Å². The third-order valence-corrected chi connectivity index (χ3v) is 6.22. The summed E-state index contributed by atoms with van der Waals surface area (Å²) in [7, 11) is 1.55. The van der Waals surface area contributed by atoms with Crippen molar-refractivity contribution in [3.63, 3.8) is 0 Å². The maximum absolute atomic E-state index is 13.7. The average molecular weight is 545 g/mol. The predicted molar refractivity (Wildman–Crippen MR) is 155 cm³/mol. The average Bonchev–Trinajstić information content (AvgIpc) is 2.92. The topological polar surface area (TPSA) is 84.2 Å². The van der Waals surface area contributed by atoms with Gasteiger partial charge in [0, 0.05) is 36.3 Å². The van der Waals surface area contributed by atoms with Gasteiger partial charge in [-0.3, -0.25) is 9.59 Å². The van der Waals surface area contributed by atoms with Gasteiger partial charge in [-0.25, -0.2) is 0 Å². The lowest BCUT2D eigenvalue weighted by molar-refractivity contribution is -0.145. The van der Waals surface area contributed by atoms with E-state index in [0.717, 1.165) is 11.1 Å². The molecule has 0 amide bonds. The Morgan fingerprint density at radius 2 is 1.45 bits per heavy atom. The van der Waals surface area contributed by atoms with E-state index < -0.39 is 11.9 Å². The highest BCUT2D eigenvalue weighted by molar-refractivity contribution is 5.91. The molecule has 1 aromatic heterocycles. The van der Waals surface area contributed by atoms with E-state index in [1.807, 2.05) is 88.4 Å². The maximum atomic E-state index is 13.7. The standard InChI is InChI=1S/C33H36O7/c1-21(2)38-28-20-29(39-22(3)4)32-26(34)19-27(24-14-10-7-11-15-24)40-33(32)31(28)25(23-12-8-6-9-13-23)18-30(35)37-17-16-36-5/h6-15,19-22,25H,16-18H2,1-5H3. The molecule has 4 aromatic rings. The molecule has 0 aliphatic heterocycles. The molecule has 0 radical (unpaired) electrons. The summed E-state index contributed by atoms with van der Waals surface area (Å²) < 4.78 is 29.5. The quantitative estimate of drug-likeness (QED) is 0.144. The van der Waals surface area contributed by atoms with Crippen molar-refractivity contribution in [2.45, 2.75) is 52.2 Å². The fraction of sp³-hybridized carbons (Fsp3) is 0.333. The predicted octanol–water partition coefficient (Wildman–Crippen LogP) is 6.75. The third kappa shape index (κ3) is 6.90. The van der Waals surface area contributed by atoms with Gasteiger partial charge in [0.1, 0.15) is 34.8 Å². The summed E-state index contributed by atoms with van der Waals surface area (Å²) in [4.78, 5) is 26.8. The number of carbonyl (C=O) groups is 1. The lowest BCUT2D eigenvalue weighted by Gasteiger charge is -2.25. The summed E-state index contributed by atoms with van der Waals surface area (Å²) in [5.41, 5.74) is 2.27. The lowest BCUT2D eigenvalue weighted by atomic mass is 9.86. The Kier molecular flexibility index (Phi) is 9.61. The van der Waals surface area contributed by atoms with E-state index in [2.05, 4.69) is 0 Å². The SMILES string of the molecule is COCCOC(=O)CC(c1ccccc1)c1c(OC(C)C)cc(OC(C)C)c2c(=O)cc(-c3ccccc3)oc12. The van der Waals surface area contributed by atoms with Crippen LogP contribution in [-0.4, -0.2) is 38.5 Å². The molecule has 210 valence electrons. The Hall–Kier alpha value is -4.10. The van der Waals surface area contributed by atoms with Crippen LogP contribution in [0.15, 0.2) is 82.0 Å². The number of hydrogen-bond acceptors (Lipinski definition) is 7. The van der Waals surface area contributed by atoms with Crippen LogP contribution >= 0.6 is 0 Å². The minimum Gasteiger partial charge on any atom is -0.490 e. The molecular formula is C33H36O7. The normalized spacial score (nSPS) is 12.1. The van der Waals surface area contributed by atoms with Gasteiger partial charge in [-0.05, 0) is 33.3 Å². The number of methoxy groups -OCH3 is 1. The van der Waals surface area contributed by atoms with Crippen LogP contribution in [0.2, 0.25) is 0 Å². The molecule has 0 aliphatic carbocycles. The van der Waals surface area contributed by atoms with Gasteiger partial charge in [-0.15, -0.1) is 0 Å². The van der Waals surface area contributed by atoms with Gasteiger partial charge in [0.25, 0.3) is 0 Å². The van der Waals surface area contributed by atoms with Gasteiger partial charge < -0.3 is 23.4 Å². The molecule has 0 fully saturated rings. The Morgan fingerprint density at radius 3 is 2.08 bits per heavy atom. The number of rotatable bonds is 12. The molecule has 0 bridgehead atoms. The first-order valence-corrected chi connectivity index (χ1v) is 13.5. The van der Waals surface area contributed by atoms with Crippen LogP contribution in [-0.2, 0) is 14.3 Å². The molecule has 7 heteroatoms. The van der Waals surface area contributed by atoms with Gasteiger partial charge in [-0.1, -0.05) is 60.7 Å². The second-order valence-electron chi connectivity index (χ2n) is 10.0. The van der Waals surface area contributed by atoms with E-state index in [-0.39, 0.29) is 30.7 Å². The number of carbonyl (C=O) groups excluding carboxylic acids is 1. The van der Waals surface area contributed by atoms with E-state index in [1.165, 1.54) is 6.07 Å². The number of benzene rings is 3. The lowest BCUT2D eigenvalue weighted by Crippen LogP contribution is -2.18. The molecule has 3 aromatic carbocycles. The molecule has 1 heterocycles. The van der Waals surface area contributed by atoms with Crippen molar-refractivity contribution in [1.29, 1.82) is 0 Å². The Morgan fingerprint density at radius 1 is 0.825 bits per heavy atom. The Bertz CT molecular complexity index is 1470. The molecule has 7 nitrogen and oxygen atoms in total. The molecule has 4 rings (SSSR count). The van der Waals surface area contributed by atoms with Crippen LogP contribution in [0, 0.1) is 0 Å². The van der Waals surface area contributed by atoms with Crippen molar-refractivity contribution in [1.82, 2.24) is 0 Å². The van der Waals surface area contributed by atoms with Crippen LogP contribution in [0.4, 0.5) is 0 Å². The molecule has 0 saturated carbocycles. The second kappa shape index (κ2) is 13.3. The van der Waals surface area contributed by atoms with Gasteiger partial charge in [0.05, 0.1) is 25.2 Å². The highest BCUT2D eigenvalue weighted by Gasteiger charge is 2.30. The van der Waals surface area contributed by atoms with E-state index >= 15 is 0 Å². The zero-order valence-corrected chi connectivity index (χ0v) is 23.6. The first-order chi connectivity index (χ1) is 19.3. The summed E-state index contributed by atoms with van der Waals surface area (Å²) in [6.45, 7) is 8.06. The summed E-state index contributed by atoms with van der Waals surface area (Å²) >= 11 is 0. The first-order valence-electron chi connectivity index (χ1n) is 13.5. The highest BCUT2D eigenvalue weighted by atomic mass is 16.6. The zero-order chi connectivity index (χ0) is 28.6. The van der Waals surface area contributed by atoms with Gasteiger partial charge in [0.2, 0.25) is 0 Å². The van der Waals surface area contributed by atoms with Crippen molar-refractivity contribution in [2.75, 3.05) is 20.3 Å². The number of ether oxygens (including phenoxy) is 4. The van der Waals surface area contributed by atoms with Crippen molar-refractivity contribution in [3.05, 3.63) is 94.1 Å².